The predicted molar refractivity (Wildman–Crippen MR) is 82.2 cm³/mol. The topological polar surface area (TPSA) is 99.7 Å². The van der Waals surface area contributed by atoms with E-state index in [2.05, 4.69) is 4.98 Å². The van der Waals surface area contributed by atoms with E-state index >= 15 is 0 Å². The maximum absolute atomic E-state index is 12.3. The largest absolute Gasteiger partial charge is 0.479 e. The van der Waals surface area contributed by atoms with Crippen molar-refractivity contribution < 1.29 is 19.4 Å². The number of amides is 1. The number of aromatic amines is 1. The first kappa shape index (κ1) is 15.2. The Bertz CT molecular complexity index is 813. The van der Waals surface area contributed by atoms with Crippen molar-refractivity contribution in [2.45, 2.75) is 12.5 Å². The second-order valence-electron chi connectivity index (χ2n) is 5.43. The summed E-state index contributed by atoms with van der Waals surface area (Å²) in [6.45, 7) is 0.505. The zero-order valence-electron chi connectivity index (χ0n) is 12.3. The highest BCUT2D eigenvalue weighted by Crippen LogP contribution is 2.12. The third-order valence-corrected chi connectivity index (χ3v) is 3.87. The predicted octanol–water partition coefficient (Wildman–Crippen LogP) is 0.383. The number of aliphatic carboxylic acids is 1. The van der Waals surface area contributed by atoms with E-state index in [9.17, 15) is 14.4 Å². The maximum Gasteiger partial charge on any atom is 0.334 e. The minimum Gasteiger partial charge on any atom is -0.479 e. The summed E-state index contributed by atoms with van der Waals surface area (Å²) >= 11 is 0. The molecule has 1 saturated heterocycles. The molecule has 1 fully saturated rings. The Balaban J connectivity index is 1.78. The average molecular weight is 316 g/mol. The molecular formula is C16H16N2O5. The van der Waals surface area contributed by atoms with Crippen LogP contribution in [0.3, 0.4) is 0 Å². The average Bonchev–Trinajstić information content (AvgIpc) is 2.55. The van der Waals surface area contributed by atoms with Gasteiger partial charge in [-0.1, -0.05) is 18.2 Å². The molecule has 7 nitrogen and oxygen atoms in total. The molecule has 0 unspecified atom stereocenters. The van der Waals surface area contributed by atoms with E-state index in [1.807, 2.05) is 18.2 Å². The maximum atomic E-state index is 12.3. The van der Waals surface area contributed by atoms with Crippen LogP contribution >= 0.6 is 0 Å². The van der Waals surface area contributed by atoms with E-state index in [-0.39, 0.29) is 31.0 Å². The Morgan fingerprint density at radius 2 is 2.13 bits per heavy atom. The molecule has 3 rings (SSSR count). The number of pyridine rings is 1. The number of rotatable bonds is 3. The van der Waals surface area contributed by atoms with Gasteiger partial charge in [-0.15, -0.1) is 0 Å². The zero-order chi connectivity index (χ0) is 16.4. The number of ether oxygens (including phenoxy) is 1. The molecule has 7 heteroatoms. The Hall–Kier alpha value is -2.67. The number of carboxylic acids is 1. The first-order valence-corrected chi connectivity index (χ1v) is 7.28. The first-order chi connectivity index (χ1) is 11.0. The molecule has 2 heterocycles. The lowest BCUT2D eigenvalue weighted by Crippen LogP contribution is -2.49. The molecule has 1 aliphatic rings. The lowest BCUT2D eigenvalue weighted by atomic mass is 10.1. The molecule has 0 bridgehead atoms. The monoisotopic (exact) mass is 316 g/mol. The number of para-hydroxylation sites is 1. The lowest BCUT2D eigenvalue weighted by molar-refractivity contribution is -0.159. The lowest BCUT2D eigenvalue weighted by Gasteiger charge is -2.30. The molecule has 0 spiro atoms. The van der Waals surface area contributed by atoms with Gasteiger partial charge in [0.25, 0.3) is 5.56 Å². The van der Waals surface area contributed by atoms with Crippen LogP contribution in [0.5, 0.6) is 0 Å². The van der Waals surface area contributed by atoms with Gasteiger partial charge in [0.15, 0.2) is 6.10 Å². The van der Waals surface area contributed by atoms with Gasteiger partial charge in [-0.05, 0) is 17.5 Å². The van der Waals surface area contributed by atoms with Gasteiger partial charge < -0.3 is 19.7 Å². The summed E-state index contributed by atoms with van der Waals surface area (Å²) in [5, 5.41) is 9.82. The number of fused-ring (bicyclic) bond motifs is 1. The molecular weight excluding hydrogens is 300 g/mol. The van der Waals surface area contributed by atoms with Crippen LogP contribution in [-0.4, -0.2) is 52.7 Å². The third-order valence-electron chi connectivity index (χ3n) is 3.87. The quantitative estimate of drug-likeness (QED) is 0.853. The van der Waals surface area contributed by atoms with E-state index in [1.165, 1.54) is 4.90 Å². The Kier molecular flexibility index (Phi) is 4.12. The number of carbonyl (C=O) groups excluding carboxylic acids is 1. The fourth-order valence-corrected chi connectivity index (χ4v) is 2.62. The zero-order valence-corrected chi connectivity index (χ0v) is 12.3. The van der Waals surface area contributed by atoms with Crippen LogP contribution in [0.25, 0.3) is 10.9 Å². The van der Waals surface area contributed by atoms with E-state index in [0.717, 1.165) is 5.39 Å². The molecule has 2 N–H and O–H groups in total. The van der Waals surface area contributed by atoms with Crippen LogP contribution in [0.15, 0.2) is 35.1 Å². The van der Waals surface area contributed by atoms with Gasteiger partial charge in [0.05, 0.1) is 19.6 Å². The van der Waals surface area contributed by atoms with Crippen molar-refractivity contribution >= 4 is 22.8 Å². The van der Waals surface area contributed by atoms with Crippen molar-refractivity contribution in [2.75, 3.05) is 19.7 Å². The molecule has 1 aromatic heterocycles. The molecule has 120 valence electrons. The normalized spacial score (nSPS) is 18.1. The number of benzene rings is 1. The van der Waals surface area contributed by atoms with Gasteiger partial charge in [0, 0.05) is 17.6 Å². The van der Waals surface area contributed by atoms with Gasteiger partial charge in [-0.2, -0.15) is 0 Å². The van der Waals surface area contributed by atoms with Crippen molar-refractivity contribution in [2.24, 2.45) is 0 Å². The number of H-pyrrole nitrogens is 1. The fourth-order valence-electron chi connectivity index (χ4n) is 2.62. The van der Waals surface area contributed by atoms with Crippen LogP contribution in [-0.2, 0) is 20.7 Å². The molecule has 1 amide bonds. The molecule has 1 atom stereocenters. The van der Waals surface area contributed by atoms with Gasteiger partial charge in [-0.25, -0.2) is 4.79 Å². The number of carboxylic acid groups (broad SMARTS) is 1. The van der Waals surface area contributed by atoms with E-state index in [0.29, 0.717) is 17.6 Å². The number of morpholine rings is 1. The summed E-state index contributed by atoms with van der Waals surface area (Å²) in [5.74, 6) is -1.37. The SMILES string of the molecule is O=C(O)[C@H]1CN(C(=O)Cc2cc3ccccc3[nH]c2=O)CCO1. The minimum absolute atomic E-state index is 0.000345. The molecule has 2 aromatic rings. The van der Waals surface area contributed by atoms with Crippen molar-refractivity contribution in [3.05, 3.63) is 46.2 Å². The van der Waals surface area contributed by atoms with Gasteiger partial charge in [-0.3, -0.25) is 9.59 Å². The van der Waals surface area contributed by atoms with Crippen molar-refractivity contribution in [3.8, 4) is 0 Å². The van der Waals surface area contributed by atoms with Gasteiger partial charge >= 0.3 is 5.97 Å². The summed E-state index contributed by atoms with van der Waals surface area (Å²) in [7, 11) is 0. The number of carbonyl (C=O) groups is 2. The van der Waals surface area contributed by atoms with E-state index < -0.39 is 12.1 Å². The molecule has 1 aromatic carbocycles. The van der Waals surface area contributed by atoms with Gasteiger partial charge in [0.1, 0.15) is 0 Å². The van der Waals surface area contributed by atoms with Crippen LogP contribution < -0.4 is 5.56 Å². The fraction of sp³-hybridized carbons (Fsp3) is 0.312. The van der Waals surface area contributed by atoms with Crippen LogP contribution in [0.1, 0.15) is 5.56 Å². The number of hydrogen-bond acceptors (Lipinski definition) is 4. The van der Waals surface area contributed by atoms with Crippen molar-refractivity contribution in [3.63, 3.8) is 0 Å². The minimum atomic E-state index is -1.09. The standard InChI is InChI=1S/C16H16N2O5/c19-14(18-5-6-23-13(9-18)16(21)22)8-11-7-10-3-1-2-4-12(10)17-15(11)20/h1-4,7,13H,5-6,8-9H2,(H,17,20)(H,21,22)/t13-/m1/s1. The molecule has 0 saturated carbocycles. The smallest absolute Gasteiger partial charge is 0.334 e. The highest BCUT2D eigenvalue weighted by atomic mass is 16.5. The second kappa shape index (κ2) is 6.21. The van der Waals surface area contributed by atoms with E-state index in [1.54, 1.807) is 12.1 Å². The number of nitrogens with one attached hydrogen (secondary N) is 1. The Labute approximate surface area is 131 Å². The van der Waals surface area contributed by atoms with Crippen LogP contribution in [0.2, 0.25) is 0 Å². The second-order valence-corrected chi connectivity index (χ2v) is 5.43. The highest BCUT2D eigenvalue weighted by Gasteiger charge is 2.29. The summed E-state index contributed by atoms with van der Waals surface area (Å²) in [4.78, 5) is 39.6. The van der Waals surface area contributed by atoms with Gasteiger partial charge in [0.2, 0.25) is 5.91 Å². The van der Waals surface area contributed by atoms with E-state index in [4.69, 9.17) is 9.84 Å². The molecule has 0 radical (unpaired) electrons. The summed E-state index contributed by atoms with van der Waals surface area (Å²) in [6.07, 6.45) is -1.07. The summed E-state index contributed by atoms with van der Waals surface area (Å²) in [5.41, 5.74) is 0.776. The Morgan fingerprint density at radius 1 is 1.35 bits per heavy atom. The first-order valence-electron chi connectivity index (χ1n) is 7.28. The molecule has 0 aliphatic carbocycles. The molecule has 23 heavy (non-hydrogen) atoms. The molecule has 1 aliphatic heterocycles. The van der Waals surface area contributed by atoms with Crippen LogP contribution in [0, 0.1) is 0 Å². The summed E-state index contributed by atoms with van der Waals surface area (Å²) in [6, 6.07) is 9.02. The van der Waals surface area contributed by atoms with Crippen molar-refractivity contribution in [1.82, 2.24) is 9.88 Å². The number of nitrogens with zero attached hydrogens (tertiary/aromatic N) is 1. The Morgan fingerprint density at radius 3 is 2.91 bits per heavy atom. The van der Waals surface area contributed by atoms with Crippen molar-refractivity contribution in [1.29, 1.82) is 0 Å². The highest BCUT2D eigenvalue weighted by molar-refractivity contribution is 5.83. The van der Waals surface area contributed by atoms with Crippen LogP contribution in [0.4, 0.5) is 0 Å². The third kappa shape index (κ3) is 3.24. The number of hydrogen-bond donors (Lipinski definition) is 2. The summed E-state index contributed by atoms with van der Waals surface area (Å²) < 4.78 is 5.09. The number of aromatic nitrogens is 1.